The van der Waals surface area contributed by atoms with Crippen LogP contribution in [0.2, 0.25) is 0 Å². The molecule has 152 valence electrons. The van der Waals surface area contributed by atoms with Crippen molar-refractivity contribution in [3.05, 3.63) is 71.5 Å². The maximum Gasteiger partial charge on any atom is 0.469 e. The van der Waals surface area contributed by atoms with Crippen LogP contribution in [-0.2, 0) is 12.8 Å². The zero-order chi connectivity index (χ0) is 20.8. The lowest BCUT2D eigenvalue weighted by molar-refractivity contribution is 0.0827. The second-order valence-corrected chi connectivity index (χ2v) is 7.44. The van der Waals surface area contributed by atoms with Crippen molar-refractivity contribution in [3.8, 4) is 0 Å². The van der Waals surface area contributed by atoms with Gasteiger partial charge in [-0.25, -0.2) is 0 Å². The average Bonchev–Trinajstić information content (AvgIpc) is 3.12. The highest BCUT2D eigenvalue weighted by Gasteiger charge is 2.24. The molecule has 0 spiro atoms. The van der Waals surface area contributed by atoms with Gasteiger partial charge in [0.05, 0.1) is 6.26 Å². The number of para-hydroxylation sites is 1. The van der Waals surface area contributed by atoms with E-state index in [1.54, 1.807) is 25.3 Å². The summed E-state index contributed by atoms with van der Waals surface area (Å²) in [5.74, 6) is -0.501. The lowest BCUT2D eigenvalue weighted by atomic mass is 9.76. The molecule has 0 aliphatic heterocycles. The van der Waals surface area contributed by atoms with Crippen molar-refractivity contribution in [2.24, 2.45) is 0 Å². The molecule has 1 amide bonds. The number of nitrogens with zero attached hydrogens (tertiary/aromatic N) is 1. The Kier molecular flexibility index (Phi) is 7.09. The Hall–Kier alpha value is -2.61. The number of carbonyl (C=O) groups excluding carboxylic acids is 1. The number of aryl methyl sites for hydroxylation is 1. The van der Waals surface area contributed by atoms with Gasteiger partial charge >= 0.3 is 7.12 Å². The van der Waals surface area contributed by atoms with Crippen LogP contribution < -0.4 is 5.32 Å². The van der Waals surface area contributed by atoms with E-state index in [4.69, 9.17) is 4.42 Å². The first kappa shape index (κ1) is 21.1. The van der Waals surface area contributed by atoms with E-state index in [0.29, 0.717) is 18.5 Å². The van der Waals surface area contributed by atoms with Gasteiger partial charge in [-0.05, 0) is 55.1 Å². The lowest BCUT2D eigenvalue weighted by Crippen LogP contribution is -2.45. The Morgan fingerprint density at radius 1 is 1.17 bits per heavy atom. The summed E-state index contributed by atoms with van der Waals surface area (Å²) in [5.41, 5.74) is 3.50. The smallest absolute Gasteiger partial charge is 0.464 e. The third-order valence-corrected chi connectivity index (χ3v) is 4.99. The van der Waals surface area contributed by atoms with E-state index >= 15 is 0 Å². The number of carbonyl (C=O) groups is 1. The molecule has 2 aromatic carbocycles. The van der Waals surface area contributed by atoms with E-state index in [1.165, 1.54) is 0 Å². The van der Waals surface area contributed by atoms with Crippen molar-refractivity contribution in [2.45, 2.75) is 25.2 Å². The van der Waals surface area contributed by atoms with Crippen LogP contribution in [0.4, 0.5) is 0 Å². The molecule has 0 saturated carbocycles. The molecule has 1 aromatic heterocycles. The third-order valence-electron chi connectivity index (χ3n) is 4.99. The first-order valence-electron chi connectivity index (χ1n) is 9.81. The normalized spacial score (nSPS) is 12.1. The fourth-order valence-corrected chi connectivity index (χ4v) is 3.41. The van der Waals surface area contributed by atoms with Gasteiger partial charge in [-0.3, -0.25) is 4.79 Å². The minimum absolute atomic E-state index is 0.0132. The van der Waals surface area contributed by atoms with E-state index < -0.39 is 13.1 Å². The van der Waals surface area contributed by atoms with Crippen molar-refractivity contribution in [2.75, 3.05) is 20.6 Å². The van der Waals surface area contributed by atoms with Gasteiger partial charge in [0.2, 0.25) is 0 Å². The predicted octanol–water partition coefficient (Wildman–Crippen LogP) is 2.28. The van der Waals surface area contributed by atoms with Gasteiger partial charge in [0, 0.05) is 31.0 Å². The van der Waals surface area contributed by atoms with Gasteiger partial charge < -0.3 is 24.7 Å². The fraction of sp³-hybridized carbons (Fsp3) is 0.318. The molecule has 0 fully saturated rings. The number of benzene rings is 2. The summed E-state index contributed by atoms with van der Waals surface area (Å²) in [7, 11) is 2.01. The second kappa shape index (κ2) is 9.74. The quantitative estimate of drug-likeness (QED) is 0.383. The largest absolute Gasteiger partial charge is 0.469 e. The Morgan fingerprint density at radius 3 is 2.72 bits per heavy atom. The molecule has 0 saturated heterocycles. The van der Waals surface area contributed by atoms with Crippen LogP contribution >= 0.6 is 0 Å². The Bertz CT molecular complexity index is 955. The fourth-order valence-electron chi connectivity index (χ4n) is 3.41. The topological polar surface area (TPSA) is 85.9 Å². The van der Waals surface area contributed by atoms with Crippen LogP contribution in [0.15, 0.2) is 59.2 Å². The summed E-state index contributed by atoms with van der Waals surface area (Å²) >= 11 is 0. The van der Waals surface area contributed by atoms with E-state index in [9.17, 15) is 14.8 Å². The number of nitrogens with one attached hydrogen (secondary N) is 1. The molecule has 0 bridgehead atoms. The van der Waals surface area contributed by atoms with Crippen LogP contribution in [-0.4, -0.2) is 54.6 Å². The summed E-state index contributed by atoms with van der Waals surface area (Å²) in [4.78, 5) is 13.6. The van der Waals surface area contributed by atoms with Crippen LogP contribution in [0.1, 0.15) is 27.9 Å². The molecule has 7 heteroatoms. The first-order chi connectivity index (χ1) is 14.0. The number of amides is 1. The molecule has 3 N–H and O–H groups in total. The molecule has 1 atom stereocenters. The Morgan fingerprint density at radius 2 is 1.97 bits per heavy atom. The lowest BCUT2D eigenvalue weighted by Gasteiger charge is -2.17. The zero-order valence-corrected chi connectivity index (χ0v) is 16.8. The molecule has 3 rings (SSSR count). The summed E-state index contributed by atoms with van der Waals surface area (Å²) < 4.78 is 5.54. The number of rotatable bonds is 9. The molecular formula is C22H27BN2O4. The molecule has 0 aliphatic carbocycles. The van der Waals surface area contributed by atoms with Crippen molar-refractivity contribution < 1.29 is 19.3 Å². The standard InChI is InChI=1S/C22H27BN2O4/c1-25(2)22(26)17-9-5-7-16(13-17)8-6-12-24-21(23(27)28)14-18-15-29-20-11-4-3-10-19(18)20/h3-5,7,9-11,13,15,21,24,27-28H,6,8,12,14H2,1-2H3/t21-/m0/s1. The molecule has 6 nitrogen and oxygen atoms in total. The molecule has 0 aliphatic rings. The van der Waals surface area contributed by atoms with Gasteiger partial charge in [-0.15, -0.1) is 0 Å². The van der Waals surface area contributed by atoms with Gasteiger partial charge in [-0.2, -0.15) is 0 Å². The van der Waals surface area contributed by atoms with Crippen LogP contribution in [0.5, 0.6) is 0 Å². The summed E-state index contributed by atoms with van der Waals surface area (Å²) in [6.07, 6.45) is 3.75. The molecular weight excluding hydrogens is 367 g/mol. The highest BCUT2D eigenvalue weighted by Crippen LogP contribution is 2.22. The van der Waals surface area contributed by atoms with Crippen molar-refractivity contribution in [1.29, 1.82) is 0 Å². The van der Waals surface area contributed by atoms with Crippen molar-refractivity contribution in [1.82, 2.24) is 10.2 Å². The number of hydrogen-bond acceptors (Lipinski definition) is 5. The van der Waals surface area contributed by atoms with Crippen molar-refractivity contribution >= 4 is 24.0 Å². The van der Waals surface area contributed by atoms with E-state index in [1.807, 2.05) is 48.5 Å². The SMILES string of the molecule is CN(C)C(=O)c1cccc(CCCN[C@@H](Cc2coc3ccccc23)B(O)O)c1. The summed E-state index contributed by atoms with van der Waals surface area (Å²) in [6, 6.07) is 15.3. The van der Waals surface area contributed by atoms with Gasteiger partial charge in [0.15, 0.2) is 0 Å². The molecule has 3 aromatic rings. The van der Waals surface area contributed by atoms with Crippen LogP contribution in [0.25, 0.3) is 11.0 Å². The average molecular weight is 394 g/mol. The third kappa shape index (κ3) is 5.47. The van der Waals surface area contributed by atoms with E-state index in [2.05, 4.69) is 5.32 Å². The molecule has 29 heavy (non-hydrogen) atoms. The summed E-state index contributed by atoms with van der Waals surface area (Å²) in [6.45, 7) is 0.629. The minimum atomic E-state index is -1.47. The first-order valence-corrected chi connectivity index (χ1v) is 9.81. The maximum absolute atomic E-state index is 12.1. The number of furan rings is 1. The maximum atomic E-state index is 12.1. The van der Waals surface area contributed by atoms with Crippen LogP contribution in [0.3, 0.4) is 0 Å². The van der Waals surface area contributed by atoms with Crippen molar-refractivity contribution in [3.63, 3.8) is 0 Å². The molecule has 0 radical (unpaired) electrons. The predicted molar refractivity (Wildman–Crippen MR) is 115 cm³/mol. The highest BCUT2D eigenvalue weighted by atomic mass is 16.4. The Labute approximate surface area is 171 Å². The van der Waals surface area contributed by atoms with E-state index in [-0.39, 0.29) is 5.91 Å². The van der Waals surface area contributed by atoms with Crippen LogP contribution in [0, 0.1) is 0 Å². The monoisotopic (exact) mass is 394 g/mol. The Balaban J connectivity index is 1.54. The number of fused-ring (bicyclic) bond motifs is 1. The molecule has 1 heterocycles. The molecule has 0 unspecified atom stereocenters. The van der Waals surface area contributed by atoms with E-state index in [0.717, 1.165) is 34.9 Å². The van der Waals surface area contributed by atoms with Gasteiger partial charge in [0.1, 0.15) is 5.58 Å². The van der Waals surface area contributed by atoms with Gasteiger partial charge in [-0.1, -0.05) is 30.3 Å². The highest BCUT2D eigenvalue weighted by molar-refractivity contribution is 6.43. The zero-order valence-electron chi connectivity index (χ0n) is 16.8. The number of hydrogen-bond donors (Lipinski definition) is 3. The summed E-state index contributed by atoms with van der Waals surface area (Å²) in [5, 5.41) is 23.8. The van der Waals surface area contributed by atoms with Gasteiger partial charge in [0.25, 0.3) is 5.91 Å². The second-order valence-electron chi connectivity index (χ2n) is 7.44. The minimum Gasteiger partial charge on any atom is -0.464 e.